The normalized spacial score (nSPS) is 10.2. The fourth-order valence-electron chi connectivity index (χ4n) is 1.36. The van der Waals surface area contributed by atoms with Crippen molar-refractivity contribution in [3.05, 3.63) is 30.0 Å². The van der Waals surface area contributed by atoms with E-state index in [1.807, 2.05) is 0 Å². The first-order valence-corrected chi connectivity index (χ1v) is 4.86. The molecule has 3 N–H and O–H groups in total. The van der Waals surface area contributed by atoms with Gasteiger partial charge in [-0.2, -0.15) is 0 Å². The molecule has 0 aliphatic carbocycles. The lowest BCUT2D eigenvalue weighted by Crippen LogP contribution is -2.40. The number of fused-ring (bicyclic) bond motifs is 1. The van der Waals surface area contributed by atoms with Gasteiger partial charge in [-0.15, -0.1) is 0 Å². The highest BCUT2D eigenvalue weighted by molar-refractivity contribution is 5.98. The summed E-state index contributed by atoms with van der Waals surface area (Å²) in [6.07, 6.45) is 0. The standard InChI is InChI=1S/C11H10N2O4/c1-6(14)12-13-11(16)10-5-7-8(15)3-2-4-9(7)17-10/h2-5,15H,1H3,(H,12,14)(H,13,16). The van der Waals surface area contributed by atoms with Crippen molar-refractivity contribution in [2.45, 2.75) is 6.92 Å². The quantitative estimate of drug-likeness (QED) is 0.640. The van der Waals surface area contributed by atoms with E-state index in [2.05, 4.69) is 10.9 Å². The van der Waals surface area contributed by atoms with Gasteiger partial charge in [0.1, 0.15) is 11.3 Å². The van der Waals surface area contributed by atoms with E-state index in [-0.39, 0.29) is 11.5 Å². The molecule has 2 rings (SSSR count). The van der Waals surface area contributed by atoms with Gasteiger partial charge in [0.25, 0.3) is 0 Å². The van der Waals surface area contributed by atoms with Gasteiger partial charge >= 0.3 is 5.91 Å². The molecule has 0 fully saturated rings. The minimum atomic E-state index is -0.587. The van der Waals surface area contributed by atoms with E-state index < -0.39 is 11.8 Å². The first-order valence-electron chi connectivity index (χ1n) is 4.86. The minimum absolute atomic E-state index is 0.00949. The second-order valence-corrected chi connectivity index (χ2v) is 3.43. The molecule has 1 aromatic carbocycles. The number of furan rings is 1. The second-order valence-electron chi connectivity index (χ2n) is 3.43. The lowest BCUT2D eigenvalue weighted by Gasteiger charge is -2.01. The fraction of sp³-hybridized carbons (Fsp3) is 0.0909. The molecule has 6 heteroatoms. The summed E-state index contributed by atoms with van der Waals surface area (Å²) in [6, 6.07) is 6.13. The summed E-state index contributed by atoms with van der Waals surface area (Å²) in [4.78, 5) is 22.1. The van der Waals surface area contributed by atoms with Crippen LogP contribution in [0.5, 0.6) is 5.75 Å². The Morgan fingerprint density at radius 3 is 2.71 bits per heavy atom. The highest BCUT2D eigenvalue weighted by Crippen LogP contribution is 2.27. The lowest BCUT2D eigenvalue weighted by atomic mass is 10.2. The Morgan fingerprint density at radius 2 is 2.06 bits per heavy atom. The molecule has 0 bridgehead atoms. The summed E-state index contributed by atoms with van der Waals surface area (Å²) < 4.78 is 5.22. The SMILES string of the molecule is CC(=O)NNC(=O)c1cc2c(O)cccc2o1. The average Bonchev–Trinajstić information content (AvgIpc) is 2.71. The van der Waals surface area contributed by atoms with Crippen molar-refractivity contribution in [2.75, 3.05) is 0 Å². The number of carbonyl (C=O) groups excluding carboxylic acids is 2. The van der Waals surface area contributed by atoms with Crippen LogP contribution in [0.4, 0.5) is 0 Å². The number of benzene rings is 1. The molecule has 0 aliphatic heterocycles. The van der Waals surface area contributed by atoms with Crippen LogP contribution in [0.1, 0.15) is 17.5 Å². The zero-order chi connectivity index (χ0) is 12.4. The Balaban J connectivity index is 2.27. The molecule has 0 radical (unpaired) electrons. The Kier molecular flexibility index (Phi) is 2.70. The zero-order valence-electron chi connectivity index (χ0n) is 8.98. The van der Waals surface area contributed by atoms with Crippen LogP contribution in [0, 0.1) is 0 Å². The molecule has 88 valence electrons. The smallest absolute Gasteiger partial charge is 0.305 e. The van der Waals surface area contributed by atoms with Crippen LogP contribution >= 0.6 is 0 Å². The molecule has 0 saturated heterocycles. The Hall–Kier alpha value is -2.50. The second kappa shape index (κ2) is 4.17. The molecule has 1 aromatic heterocycles. The van der Waals surface area contributed by atoms with Gasteiger partial charge < -0.3 is 9.52 Å². The number of rotatable bonds is 1. The van der Waals surface area contributed by atoms with E-state index in [9.17, 15) is 14.7 Å². The largest absolute Gasteiger partial charge is 0.507 e. The summed E-state index contributed by atoms with van der Waals surface area (Å²) in [6.45, 7) is 1.27. The number of carbonyl (C=O) groups is 2. The maximum Gasteiger partial charge on any atom is 0.305 e. The van der Waals surface area contributed by atoms with E-state index in [1.54, 1.807) is 12.1 Å². The third-order valence-electron chi connectivity index (χ3n) is 2.11. The molecular formula is C11H10N2O4. The molecule has 0 unspecified atom stereocenters. The molecule has 0 spiro atoms. The van der Waals surface area contributed by atoms with Crippen LogP contribution in [0.3, 0.4) is 0 Å². The molecule has 0 aliphatic rings. The summed E-state index contributed by atoms with van der Waals surface area (Å²) >= 11 is 0. The summed E-state index contributed by atoms with van der Waals surface area (Å²) in [5.74, 6) is -0.937. The van der Waals surface area contributed by atoms with E-state index in [0.29, 0.717) is 11.0 Å². The number of hydrogen-bond donors (Lipinski definition) is 3. The van der Waals surface area contributed by atoms with E-state index in [4.69, 9.17) is 4.42 Å². The monoisotopic (exact) mass is 234 g/mol. The van der Waals surface area contributed by atoms with Gasteiger partial charge in [0.05, 0.1) is 5.39 Å². The van der Waals surface area contributed by atoms with Crippen LogP contribution in [0.25, 0.3) is 11.0 Å². The van der Waals surface area contributed by atoms with Gasteiger partial charge in [-0.1, -0.05) is 6.07 Å². The molecule has 6 nitrogen and oxygen atoms in total. The van der Waals surface area contributed by atoms with Crippen LogP contribution in [-0.2, 0) is 4.79 Å². The predicted octanol–water partition coefficient (Wildman–Crippen LogP) is 0.919. The van der Waals surface area contributed by atoms with Crippen LogP contribution in [0.15, 0.2) is 28.7 Å². The minimum Gasteiger partial charge on any atom is -0.507 e. The number of amides is 2. The number of phenolic OH excluding ortho intramolecular Hbond substituents is 1. The first kappa shape index (κ1) is 11.0. The van der Waals surface area contributed by atoms with E-state index >= 15 is 0 Å². The van der Waals surface area contributed by atoms with Crippen LogP contribution in [0.2, 0.25) is 0 Å². The molecule has 2 aromatic rings. The van der Waals surface area contributed by atoms with Crippen molar-refractivity contribution < 1.29 is 19.1 Å². The van der Waals surface area contributed by atoms with Crippen LogP contribution < -0.4 is 10.9 Å². The fourth-order valence-corrected chi connectivity index (χ4v) is 1.36. The maximum absolute atomic E-state index is 11.5. The highest BCUT2D eigenvalue weighted by Gasteiger charge is 2.13. The average molecular weight is 234 g/mol. The third kappa shape index (κ3) is 2.20. The van der Waals surface area contributed by atoms with Crippen molar-refractivity contribution in [3.8, 4) is 5.75 Å². The van der Waals surface area contributed by atoms with E-state index in [0.717, 1.165) is 0 Å². The van der Waals surface area contributed by atoms with Gasteiger partial charge in [0.2, 0.25) is 5.91 Å². The molecular weight excluding hydrogens is 224 g/mol. The van der Waals surface area contributed by atoms with Crippen molar-refractivity contribution in [3.63, 3.8) is 0 Å². The highest BCUT2D eigenvalue weighted by atomic mass is 16.3. The van der Waals surface area contributed by atoms with Crippen molar-refractivity contribution in [2.24, 2.45) is 0 Å². The van der Waals surface area contributed by atoms with Crippen LogP contribution in [-0.4, -0.2) is 16.9 Å². The number of phenols is 1. The maximum atomic E-state index is 11.5. The molecule has 2 amide bonds. The van der Waals surface area contributed by atoms with Gasteiger partial charge in [-0.25, -0.2) is 0 Å². The molecule has 1 heterocycles. The Morgan fingerprint density at radius 1 is 1.29 bits per heavy atom. The van der Waals surface area contributed by atoms with Crippen molar-refractivity contribution >= 4 is 22.8 Å². The number of hydrogen-bond acceptors (Lipinski definition) is 4. The van der Waals surface area contributed by atoms with Gasteiger partial charge in [-0.3, -0.25) is 20.4 Å². The molecule has 0 atom stereocenters. The predicted molar refractivity (Wildman–Crippen MR) is 59.2 cm³/mol. The van der Waals surface area contributed by atoms with E-state index in [1.165, 1.54) is 19.1 Å². The Labute approximate surface area is 96.2 Å². The molecule has 0 saturated carbocycles. The lowest BCUT2D eigenvalue weighted by molar-refractivity contribution is -0.119. The summed E-state index contributed by atoms with van der Waals surface area (Å²) in [5.41, 5.74) is 4.71. The summed E-state index contributed by atoms with van der Waals surface area (Å²) in [5, 5.41) is 9.97. The van der Waals surface area contributed by atoms with Gasteiger partial charge in [0, 0.05) is 13.0 Å². The number of aromatic hydroxyl groups is 1. The van der Waals surface area contributed by atoms with Crippen molar-refractivity contribution in [1.29, 1.82) is 0 Å². The van der Waals surface area contributed by atoms with Gasteiger partial charge in [0.15, 0.2) is 5.76 Å². The number of nitrogens with one attached hydrogen (secondary N) is 2. The number of hydrazine groups is 1. The summed E-state index contributed by atoms with van der Waals surface area (Å²) in [7, 11) is 0. The van der Waals surface area contributed by atoms with Gasteiger partial charge in [-0.05, 0) is 12.1 Å². The zero-order valence-corrected chi connectivity index (χ0v) is 8.98. The molecule has 17 heavy (non-hydrogen) atoms. The third-order valence-corrected chi connectivity index (χ3v) is 2.11. The first-order chi connectivity index (χ1) is 8.08. The van der Waals surface area contributed by atoms with Crippen molar-refractivity contribution in [1.82, 2.24) is 10.9 Å². The Bertz CT molecular complexity index is 588. The topological polar surface area (TPSA) is 91.6 Å².